The van der Waals surface area contributed by atoms with Crippen LogP contribution in [0.5, 0.6) is 0 Å². The molecule has 3 heterocycles. The minimum absolute atomic E-state index is 0.265. The van der Waals surface area contributed by atoms with Crippen molar-refractivity contribution in [2.75, 3.05) is 0 Å². The van der Waals surface area contributed by atoms with Crippen LogP contribution in [0.2, 0.25) is 0 Å². The summed E-state index contributed by atoms with van der Waals surface area (Å²) in [4.78, 5) is 38.9. The van der Waals surface area contributed by atoms with E-state index in [1.54, 1.807) is 18.5 Å². The Hall–Kier alpha value is -3.13. The Balaban J connectivity index is 1.65. The van der Waals surface area contributed by atoms with E-state index in [1.807, 2.05) is 24.3 Å². The van der Waals surface area contributed by atoms with Gasteiger partial charge in [0, 0.05) is 25.4 Å². The van der Waals surface area contributed by atoms with Gasteiger partial charge < -0.3 is 10.0 Å². The summed E-state index contributed by atoms with van der Waals surface area (Å²) >= 11 is 1.16. The molecule has 1 aliphatic heterocycles. The molecule has 8 heteroatoms. The number of carbonyl (C=O) groups is 2. The van der Waals surface area contributed by atoms with Crippen LogP contribution in [0.15, 0.2) is 48.9 Å². The van der Waals surface area contributed by atoms with Crippen molar-refractivity contribution in [3.63, 3.8) is 0 Å². The molecular weight excluding hydrogens is 352 g/mol. The van der Waals surface area contributed by atoms with Crippen molar-refractivity contribution >= 4 is 23.2 Å². The number of aromatic nitrogens is 3. The standard InChI is InChI=1S/C18H14N4O3S/c23-17(14-9-21-16(26-14)15-19-6-3-7-20-15)22-10-12-5-2-1-4-11(12)8-13(22)18(24)25/h1-7,9,13H,8,10H2,(H,24,25)/t13-/m1/s1. The number of hydrogen-bond donors (Lipinski definition) is 1. The van der Waals surface area contributed by atoms with Gasteiger partial charge in [-0.2, -0.15) is 0 Å². The number of carbonyl (C=O) groups excluding carboxylic acids is 1. The van der Waals surface area contributed by atoms with Gasteiger partial charge >= 0.3 is 5.97 Å². The van der Waals surface area contributed by atoms with E-state index in [0.29, 0.717) is 22.1 Å². The number of hydrogen-bond acceptors (Lipinski definition) is 6. The zero-order valence-corrected chi connectivity index (χ0v) is 14.4. The minimum atomic E-state index is -1.01. The third kappa shape index (κ3) is 2.95. The molecule has 1 N–H and O–H groups in total. The Bertz CT molecular complexity index is 973. The highest BCUT2D eigenvalue weighted by Crippen LogP contribution is 2.28. The molecule has 1 atom stereocenters. The van der Waals surface area contributed by atoms with Gasteiger partial charge in [0.05, 0.1) is 6.20 Å². The fraction of sp³-hybridized carbons (Fsp3) is 0.167. The van der Waals surface area contributed by atoms with Gasteiger partial charge in [0.25, 0.3) is 5.91 Å². The summed E-state index contributed by atoms with van der Waals surface area (Å²) in [5, 5.41) is 10.1. The lowest BCUT2D eigenvalue weighted by atomic mass is 9.94. The molecule has 0 bridgehead atoms. The van der Waals surface area contributed by atoms with Crippen LogP contribution in [0.3, 0.4) is 0 Å². The molecule has 0 spiro atoms. The average molecular weight is 366 g/mol. The van der Waals surface area contributed by atoms with Gasteiger partial charge in [0.15, 0.2) is 10.8 Å². The molecule has 0 unspecified atom stereocenters. The minimum Gasteiger partial charge on any atom is -0.480 e. The summed E-state index contributed by atoms with van der Waals surface area (Å²) < 4.78 is 0. The second kappa shape index (κ2) is 6.64. The first-order valence-corrected chi connectivity index (χ1v) is 8.79. The molecule has 2 aromatic heterocycles. The Labute approximate surface area is 153 Å². The lowest BCUT2D eigenvalue weighted by Crippen LogP contribution is -2.48. The van der Waals surface area contributed by atoms with Crippen LogP contribution in [0, 0.1) is 0 Å². The zero-order valence-electron chi connectivity index (χ0n) is 13.6. The summed E-state index contributed by atoms with van der Waals surface area (Å²) in [6, 6.07) is 8.40. The number of thiazole rings is 1. The lowest BCUT2D eigenvalue weighted by Gasteiger charge is -2.34. The molecule has 3 aromatic rings. The predicted molar refractivity (Wildman–Crippen MR) is 94.6 cm³/mol. The van der Waals surface area contributed by atoms with E-state index in [0.717, 1.165) is 22.5 Å². The van der Waals surface area contributed by atoms with Crippen LogP contribution >= 0.6 is 11.3 Å². The zero-order chi connectivity index (χ0) is 18.1. The molecule has 0 saturated carbocycles. The van der Waals surface area contributed by atoms with E-state index in [2.05, 4.69) is 15.0 Å². The third-order valence-electron chi connectivity index (χ3n) is 4.27. The highest BCUT2D eigenvalue weighted by Gasteiger charge is 2.35. The van der Waals surface area contributed by atoms with Crippen LogP contribution in [-0.4, -0.2) is 42.9 Å². The van der Waals surface area contributed by atoms with Gasteiger partial charge in [-0.15, -0.1) is 11.3 Å². The molecule has 7 nitrogen and oxygen atoms in total. The van der Waals surface area contributed by atoms with Crippen molar-refractivity contribution < 1.29 is 14.7 Å². The van der Waals surface area contributed by atoms with Gasteiger partial charge in [0.2, 0.25) is 0 Å². The quantitative estimate of drug-likeness (QED) is 0.764. The number of carboxylic acid groups (broad SMARTS) is 1. The summed E-state index contributed by atoms with van der Waals surface area (Å²) in [5.41, 5.74) is 1.93. The summed E-state index contributed by atoms with van der Waals surface area (Å²) in [6.45, 7) is 0.265. The fourth-order valence-corrected chi connectivity index (χ4v) is 3.80. The molecule has 0 saturated heterocycles. The highest BCUT2D eigenvalue weighted by molar-refractivity contribution is 7.16. The van der Waals surface area contributed by atoms with Crippen molar-refractivity contribution in [2.45, 2.75) is 19.0 Å². The third-order valence-corrected chi connectivity index (χ3v) is 5.25. The smallest absolute Gasteiger partial charge is 0.326 e. The largest absolute Gasteiger partial charge is 0.480 e. The molecule has 130 valence electrons. The molecule has 1 amide bonds. The maximum Gasteiger partial charge on any atom is 0.326 e. The second-order valence-electron chi connectivity index (χ2n) is 5.86. The van der Waals surface area contributed by atoms with E-state index in [-0.39, 0.29) is 12.5 Å². The number of carboxylic acids is 1. The lowest BCUT2D eigenvalue weighted by molar-refractivity contribution is -0.142. The van der Waals surface area contributed by atoms with E-state index < -0.39 is 12.0 Å². The van der Waals surface area contributed by atoms with E-state index in [1.165, 1.54) is 11.1 Å². The first-order chi connectivity index (χ1) is 12.6. The van der Waals surface area contributed by atoms with Crippen molar-refractivity contribution in [1.82, 2.24) is 19.9 Å². The van der Waals surface area contributed by atoms with Crippen LogP contribution < -0.4 is 0 Å². The fourth-order valence-electron chi connectivity index (χ4n) is 2.98. The molecule has 1 aromatic carbocycles. The number of rotatable bonds is 3. The number of aliphatic carboxylic acids is 1. The summed E-state index contributed by atoms with van der Waals surface area (Å²) in [5.74, 6) is -0.911. The van der Waals surface area contributed by atoms with Crippen molar-refractivity contribution in [2.24, 2.45) is 0 Å². The molecule has 0 aliphatic carbocycles. The number of benzene rings is 1. The Morgan fingerprint density at radius 1 is 1.08 bits per heavy atom. The first kappa shape index (κ1) is 16.3. The number of amides is 1. The average Bonchev–Trinajstić information content (AvgIpc) is 3.17. The van der Waals surface area contributed by atoms with Crippen molar-refractivity contribution in [1.29, 1.82) is 0 Å². The molecule has 0 radical (unpaired) electrons. The molecular formula is C18H14N4O3S. The van der Waals surface area contributed by atoms with Crippen LogP contribution in [0.1, 0.15) is 20.8 Å². The molecule has 4 rings (SSSR count). The maximum atomic E-state index is 13.0. The van der Waals surface area contributed by atoms with Gasteiger partial charge in [-0.05, 0) is 17.2 Å². The summed E-state index contributed by atoms with van der Waals surface area (Å²) in [7, 11) is 0. The Morgan fingerprint density at radius 2 is 1.81 bits per heavy atom. The second-order valence-corrected chi connectivity index (χ2v) is 6.89. The van der Waals surface area contributed by atoms with E-state index >= 15 is 0 Å². The van der Waals surface area contributed by atoms with Crippen LogP contribution in [-0.2, 0) is 17.8 Å². The van der Waals surface area contributed by atoms with Crippen molar-refractivity contribution in [3.05, 3.63) is 64.9 Å². The van der Waals surface area contributed by atoms with Crippen LogP contribution in [0.25, 0.3) is 10.8 Å². The normalized spacial score (nSPS) is 16.2. The number of nitrogens with zero attached hydrogens (tertiary/aromatic N) is 4. The van der Waals surface area contributed by atoms with Crippen molar-refractivity contribution in [3.8, 4) is 10.8 Å². The first-order valence-electron chi connectivity index (χ1n) is 7.97. The molecule has 0 fully saturated rings. The van der Waals surface area contributed by atoms with Crippen LogP contribution in [0.4, 0.5) is 0 Å². The molecule has 26 heavy (non-hydrogen) atoms. The molecule has 1 aliphatic rings. The van der Waals surface area contributed by atoms with E-state index in [4.69, 9.17) is 0 Å². The van der Waals surface area contributed by atoms with Gasteiger partial charge in [-0.3, -0.25) is 4.79 Å². The monoisotopic (exact) mass is 366 g/mol. The Morgan fingerprint density at radius 3 is 2.54 bits per heavy atom. The van der Waals surface area contributed by atoms with E-state index in [9.17, 15) is 14.7 Å². The SMILES string of the molecule is O=C(O)[C@H]1Cc2ccccc2CN1C(=O)c1cnc(-c2ncccn2)s1. The van der Waals surface area contributed by atoms with Gasteiger partial charge in [-0.1, -0.05) is 24.3 Å². The Kier molecular flexibility index (Phi) is 4.18. The number of fused-ring (bicyclic) bond motifs is 1. The van der Waals surface area contributed by atoms with Gasteiger partial charge in [0.1, 0.15) is 10.9 Å². The summed E-state index contributed by atoms with van der Waals surface area (Å²) in [6.07, 6.45) is 4.96. The maximum absolute atomic E-state index is 13.0. The van der Waals surface area contributed by atoms with Gasteiger partial charge in [-0.25, -0.2) is 19.7 Å². The predicted octanol–water partition coefficient (Wildman–Crippen LogP) is 2.25. The topological polar surface area (TPSA) is 96.3 Å². The highest BCUT2D eigenvalue weighted by atomic mass is 32.1.